The molecule has 3 N–H and O–H groups in total. The van der Waals surface area contributed by atoms with Crippen molar-refractivity contribution in [3.05, 3.63) is 53.7 Å². The predicted octanol–water partition coefficient (Wildman–Crippen LogP) is 4.93. The fraction of sp³-hybridized carbons (Fsp3) is 0.533. The van der Waals surface area contributed by atoms with Crippen LogP contribution < -0.4 is 16.0 Å². The summed E-state index contributed by atoms with van der Waals surface area (Å²) in [5, 5.41) is 17.1. The molecule has 7 nitrogen and oxygen atoms in total. The Balaban J connectivity index is 1.32. The number of hydrogen-bond acceptors (Lipinski definition) is 5. The number of nitrogens with one attached hydrogen (secondary N) is 3. The molecular formula is C30H33F4N5O2. The molecule has 0 bridgehead atoms. The van der Waals surface area contributed by atoms with E-state index in [1.54, 1.807) is 12.3 Å². The standard InChI is InChI=1S/C30H33F4N5O2/c1-27(2,31)15-23(25(40)39-28(17-35)11-12-28)38-24(30(32,33)34)19-5-3-18(4-6-19)22-10-7-20(16-36-22)29(13-14-29)26(41)37-21-8-9-21/h3-7,10,16,21,23-24,38H,8-9,11-15H2,1-2H3,(H,37,41)(H,39,40)/t23-,24-/m0/s1. The van der Waals surface area contributed by atoms with E-state index in [4.69, 9.17) is 0 Å². The molecule has 2 amide bonds. The van der Waals surface area contributed by atoms with Crippen LogP contribution >= 0.6 is 0 Å². The van der Waals surface area contributed by atoms with Gasteiger partial charge in [-0.15, -0.1) is 0 Å². The SMILES string of the molecule is CC(C)(F)C[C@H](N[C@@H](c1ccc(-c2ccc(C3(C(=O)NC4CC4)CC3)cn2)cc1)C(F)(F)F)C(=O)NC1(C#N)CC1. The summed E-state index contributed by atoms with van der Waals surface area (Å²) >= 11 is 0. The van der Waals surface area contributed by atoms with Crippen molar-refractivity contribution < 1.29 is 27.2 Å². The largest absolute Gasteiger partial charge is 0.407 e. The van der Waals surface area contributed by atoms with Crippen LogP contribution in [0.2, 0.25) is 0 Å². The topological polar surface area (TPSA) is 107 Å². The lowest BCUT2D eigenvalue weighted by molar-refractivity contribution is -0.161. The second kappa shape index (κ2) is 10.4. The van der Waals surface area contributed by atoms with Crippen LogP contribution in [0, 0.1) is 11.3 Å². The summed E-state index contributed by atoms with van der Waals surface area (Å²) in [6, 6.07) is 7.67. The monoisotopic (exact) mass is 571 g/mol. The second-order valence-electron chi connectivity index (χ2n) is 12.2. The average molecular weight is 572 g/mol. The fourth-order valence-electron chi connectivity index (χ4n) is 5.02. The van der Waals surface area contributed by atoms with Crippen molar-refractivity contribution in [3.8, 4) is 17.3 Å². The number of alkyl halides is 4. The number of aromatic nitrogens is 1. The first-order valence-corrected chi connectivity index (χ1v) is 13.9. The Morgan fingerprint density at radius 3 is 2.17 bits per heavy atom. The van der Waals surface area contributed by atoms with Crippen molar-refractivity contribution in [3.63, 3.8) is 0 Å². The van der Waals surface area contributed by atoms with Gasteiger partial charge in [0, 0.05) is 24.2 Å². The van der Waals surface area contributed by atoms with Gasteiger partial charge >= 0.3 is 6.18 Å². The fourth-order valence-corrected chi connectivity index (χ4v) is 5.02. The highest BCUT2D eigenvalue weighted by Crippen LogP contribution is 2.49. The van der Waals surface area contributed by atoms with Gasteiger partial charge in [0.05, 0.1) is 23.2 Å². The number of benzene rings is 1. The van der Waals surface area contributed by atoms with Gasteiger partial charge in [0.25, 0.3) is 0 Å². The average Bonchev–Trinajstić information content (AvgIpc) is 3.77. The van der Waals surface area contributed by atoms with Gasteiger partial charge in [-0.05, 0) is 69.6 Å². The summed E-state index contributed by atoms with van der Waals surface area (Å²) in [5.41, 5.74) is -1.80. The quantitative estimate of drug-likeness (QED) is 0.332. The van der Waals surface area contributed by atoms with Gasteiger partial charge in [-0.25, -0.2) is 4.39 Å². The molecule has 3 aliphatic carbocycles. The Bertz CT molecular complexity index is 1330. The number of rotatable bonds is 11. The lowest BCUT2D eigenvalue weighted by Gasteiger charge is -2.30. The number of halogens is 4. The first-order chi connectivity index (χ1) is 19.2. The summed E-state index contributed by atoms with van der Waals surface area (Å²) in [5.74, 6) is -0.822. The van der Waals surface area contributed by atoms with E-state index in [1.165, 1.54) is 38.1 Å². The number of carbonyl (C=O) groups excluding carboxylic acids is 2. The number of nitriles is 1. The van der Waals surface area contributed by atoms with Crippen LogP contribution in [0.3, 0.4) is 0 Å². The highest BCUT2D eigenvalue weighted by molar-refractivity contribution is 5.91. The molecule has 0 spiro atoms. The molecule has 3 fully saturated rings. The van der Waals surface area contributed by atoms with Crippen LogP contribution in [0.4, 0.5) is 17.6 Å². The van der Waals surface area contributed by atoms with Crippen molar-refractivity contribution in [2.45, 2.75) is 99.7 Å². The number of nitrogens with zero attached hydrogens (tertiary/aromatic N) is 2. The van der Waals surface area contributed by atoms with E-state index in [9.17, 15) is 32.4 Å². The Hall–Kier alpha value is -3.52. The van der Waals surface area contributed by atoms with Crippen LogP contribution in [0.1, 0.15) is 76.0 Å². The van der Waals surface area contributed by atoms with Gasteiger partial charge in [-0.1, -0.05) is 30.3 Å². The van der Waals surface area contributed by atoms with Crippen molar-refractivity contribution in [2.24, 2.45) is 0 Å². The van der Waals surface area contributed by atoms with Crippen molar-refractivity contribution in [2.75, 3.05) is 0 Å². The molecule has 0 saturated heterocycles. The molecule has 1 heterocycles. The Labute approximate surface area is 236 Å². The number of amides is 2. The summed E-state index contributed by atoms with van der Waals surface area (Å²) in [6.07, 6.45) is 0.662. The molecule has 41 heavy (non-hydrogen) atoms. The first kappa shape index (κ1) is 29.0. The summed E-state index contributed by atoms with van der Waals surface area (Å²) < 4.78 is 57.2. The third kappa shape index (κ3) is 6.70. The third-order valence-electron chi connectivity index (χ3n) is 7.98. The lowest BCUT2D eigenvalue weighted by atomic mass is 9.95. The van der Waals surface area contributed by atoms with Gasteiger partial charge in [0.2, 0.25) is 11.8 Å². The third-order valence-corrected chi connectivity index (χ3v) is 7.98. The molecule has 5 rings (SSSR count). The molecule has 11 heteroatoms. The minimum atomic E-state index is -4.79. The van der Waals surface area contributed by atoms with Crippen LogP contribution in [-0.4, -0.2) is 46.3 Å². The Morgan fingerprint density at radius 2 is 1.71 bits per heavy atom. The maximum Gasteiger partial charge on any atom is 0.407 e. The summed E-state index contributed by atoms with van der Waals surface area (Å²) in [6.45, 7) is 2.37. The van der Waals surface area contributed by atoms with Gasteiger partial charge in [-0.2, -0.15) is 18.4 Å². The number of pyridine rings is 1. The van der Waals surface area contributed by atoms with Crippen molar-refractivity contribution >= 4 is 11.8 Å². The molecule has 0 unspecified atom stereocenters. The maximum atomic E-state index is 14.5. The molecule has 218 valence electrons. The molecule has 3 aliphatic rings. The van der Waals surface area contributed by atoms with Crippen LogP contribution in [0.25, 0.3) is 11.3 Å². The number of carbonyl (C=O) groups is 2. The van der Waals surface area contributed by atoms with Gasteiger partial charge in [-0.3, -0.25) is 19.9 Å². The van der Waals surface area contributed by atoms with E-state index in [2.05, 4.69) is 20.9 Å². The number of hydrogen-bond donors (Lipinski definition) is 3. The van der Waals surface area contributed by atoms with Gasteiger partial charge in [0.15, 0.2) is 0 Å². The van der Waals surface area contributed by atoms with E-state index in [0.29, 0.717) is 24.1 Å². The van der Waals surface area contributed by atoms with E-state index in [0.717, 1.165) is 31.2 Å². The molecule has 3 saturated carbocycles. The smallest absolute Gasteiger partial charge is 0.353 e. The highest BCUT2D eigenvalue weighted by Gasteiger charge is 2.52. The van der Waals surface area contributed by atoms with Crippen LogP contribution in [-0.2, 0) is 15.0 Å². The minimum Gasteiger partial charge on any atom is -0.353 e. The maximum absolute atomic E-state index is 14.5. The minimum absolute atomic E-state index is 0.0210. The van der Waals surface area contributed by atoms with Crippen LogP contribution in [0.5, 0.6) is 0 Å². The normalized spacial score (nSPS) is 20.3. The zero-order valence-electron chi connectivity index (χ0n) is 22.9. The summed E-state index contributed by atoms with van der Waals surface area (Å²) in [4.78, 5) is 30.1. The first-order valence-electron chi connectivity index (χ1n) is 13.9. The lowest BCUT2D eigenvalue weighted by Crippen LogP contribution is -2.53. The van der Waals surface area contributed by atoms with Gasteiger partial charge < -0.3 is 10.6 Å². The molecule has 1 aromatic heterocycles. The summed E-state index contributed by atoms with van der Waals surface area (Å²) in [7, 11) is 0. The zero-order valence-corrected chi connectivity index (χ0v) is 22.9. The van der Waals surface area contributed by atoms with E-state index < -0.39 is 47.2 Å². The van der Waals surface area contributed by atoms with E-state index >= 15 is 0 Å². The van der Waals surface area contributed by atoms with Crippen LogP contribution in [0.15, 0.2) is 42.6 Å². The molecular weight excluding hydrogens is 538 g/mol. The molecule has 0 radical (unpaired) electrons. The highest BCUT2D eigenvalue weighted by atomic mass is 19.4. The van der Waals surface area contributed by atoms with Gasteiger partial charge in [0.1, 0.15) is 17.2 Å². The molecule has 2 atom stereocenters. The van der Waals surface area contributed by atoms with E-state index in [1.807, 2.05) is 12.1 Å². The Morgan fingerprint density at radius 1 is 1.05 bits per heavy atom. The predicted molar refractivity (Wildman–Crippen MR) is 143 cm³/mol. The van der Waals surface area contributed by atoms with Crippen molar-refractivity contribution in [1.82, 2.24) is 20.9 Å². The molecule has 2 aromatic rings. The molecule has 0 aliphatic heterocycles. The second-order valence-corrected chi connectivity index (χ2v) is 12.2. The van der Waals surface area contributed by atoms with E-state index in [-0.39, 0.29) is 17.5 Å². The zero-order chi connectivity index (χ0) is 29.6. The Kier molecular flexibility index (Phi) is 7.35. The van der Waals surface area contributed by atoms with Crippen molar-refractivity contribution in [1.29, 1.82) is 5.26 Å². The molecule has 1 aromatic carbocycles.